The molecule has 0 saturated heterocycles. The van der Waals surface area contributed by atoms with Gasteiger partial charge in [-0.1, -0.05) is 24.3 Å². The van der Waals surface area contributed by atoms with E-state index in [1.165, 1.54) is 11.1 Å². The van der Waals surface area contributed by atoms with Crippen molar-refractivity contribution in [2.45, 2.75) is 13.8 Å². The number of nitrogens with zero attached hydrogens (tertiary/aromatic N) is 2. The second-order valence-corrected chi connectivity index (χ2v) is 4.87. The van der Waals surface area contributed by atoms with E-state index in [0.29, 0.717) is 5.82 Å². The van der Waals surface area contributed by atoms with Crippen molar-refractivity contribution >= 4 is 5.82 Å². The van der Waals surface area contributed by atoms with Crippen LogP contribution in [0.15, 0.2) is 42.7 Å². The highest BCUT2D eigenvalue weighted by Gasteiger charge is 2.17. The molecule has 0 atom stereocenters. The maximum absolute atomic E-state index is 6.04. The zero-order chi connectivity index (χ0) is 14.1. The standard InChI is InChI=1S/C16H16N4/c1-10-5-3-6-11(2)13(10)15-14(16(17)20-19-15)12-7-4-8-18-9-12/h3-9H,1-2H3,(H3,17,19,20). The third-order valence-electron chi connectivity index (χ3n) is 3.48. The van der Waals surface area contributed by atoms with E-state index in [0.717, 1.165) is 22.4 Å². The number of nitrogens with one attached hydrogen (secondary N) is 1. The second kappa shape index (κ2) is 4.81. The van der Waals surface area contributed by atoms with Crippen molar-refractivity contribution in [2.75, 3.05) is 5.73 Å². The number of nitrogens with two attached hydrogens (primary N) is 1. The first-order valence-corrected chi connectivity index (χ1v) is 6.49. The zero-order valence-electron chi connectivity index (χ0n) is 11.5. The van der Waals surface area contributed by atoms with Crippen LogP contribution in [0.25, 0.3) is 22.4 Å². The first kappa shape index (κ1) is 12.4. The molecule has 0 spiro atoms. The van der Waals surface area contributed by atoms with Crippen LogP contribution in [0.3, 0.4) is 0 Å². The Morgan fingerprint density at radius 2 is 1.75 bits per heavy atom. The Morgan fingerprint density at radius 3 is 2.40 bits per heavy atom. The summed E-state index contributed by atoms with van der Waals surface area (Å²) in [5.74, 6) is 0.496. The summed E-state index contributed by atoms with van der Waals surface area (Å²) in [6, 6.07) is 10.1. The van der Waals surface area contributed by atoms with Gasteiger partial charge in [0.05, 0.1) is 11.3 Å². The number of nitrogen functional groups attached to an aromatic ring is 1. The quantitative estimate of drug-likeness (QED) is 0.746. The smallest absolute Gasteiger partial charge is 0.153 e. The van der Waals surface area contributed by atoms with E-state index in [9.17, 15) is 0 Å². The van der Waals surface area contributed by atoms with Crippen LogP contribution in [-0.4, -0.2) is 15.2 Å². The number of benzene rings is 1. The molecule has 4 heteroatoms. The van der Waals surface area contributed by atoms with Gasteiger partial charge in [0, 0.05) is 23.5 Å². The monoisotopic (exact) mass is 264 g/mol. The summed E-state index contributed by atoms with van der Waals surface area (Å²) >= 11 is 0. The summed E-state index contributed by atoms with van der Waals surface area (Å²) in [7, 11) is 0. The van der Waals surface area contributed by atoms with Gasteiger partial charge in [-0.2, -0.15) is 5.10 Å². The van der Waals surface area contributed by atoms with Gasteiger partial charge in [0.1, 0.15) is 0 Å². The number of H-pyrrole nitrogens is 1. The molecule has 0 fully saturated rings. The number of aromatic nitrogens is 3. The SMILES string of the molecule is Cc1cccc(C)c1-c1[nH]nc(N)c1-c1cccnc1. The molecule has 0 radical (unpaired) electrons. The van der Waals surface area contributed by atoms with Crippen LogP contribution in [0.1, 0.15) is 11.1 Å². The maximum atomic E-state index is 6.04. The topological polar surface area (TPSA) is 67.6 Å². The number of aromatic amines is 1. The van der Waals surface area contributed by atoms with Crippen LogP contribution < -0.4 is 5.73 Å². The fraction of sp³-hybridized carbons (Fsp3) is 0.125. The van der Waals surface area contributed by atoms with Gasteiger partial charge < -0.3 is 5.73 Å². The summed E-state index contributed by atoms with van der Waals surface area (Å²) in [6.45, 7) is 4.18. The summed E-state index contributed by atoms with van der Waals surface area (Å²) in [6.07, 6.45) is 3.55. The molecule has 2 aromatic heterocycles. The highest BCUT2D eigenvalue weighted by Crippen LogP contribution is 2.37. The molecule has 0 saturated carbocycles. The highest BCUT2D eigenvalue weighted by atomic mass is 15.2. The average molecular weight is 264 g/mol. The van der Waals surface area contributed by atoms with E-state index in [-0.39, 0.29) is 0 Å². The zero-order valence-corrected chi connectivity index (χ0v) is 11.5. The van der Waals surface area contributed by atoms with Crippen molar-refractivity contribution in [3.05, 3.63) is 53.9 Å². The lowest BCUT2D eigenvalue weighted by atomic mass is 9.95. The van der Waals surface area contributed by atoms with Crippen LogP contribution in [-0.2, 0) is 0 Å². The third-order valence-corrected chi connectivity index (χ3v) is 3.48. The van der Waals surface area contributed by atoms with Crippen molar-refractivity contribution in [2.24, 2.45) is 0 Å². The normalized spacial score (nSPS) is 10.7. The molecule has 4 nitrogen and oxygen atoms in total. The van der Waals surface area contributed by atoms with Crippen LogP contribution in [0.4, 0.5) is 5.82 Å². The van der Waals surface area contributed by atoms with Crippen LogP contribution in [0.2, 0.25) is 0 Å². The summed E-state index contributed by atoms with van der Waals surface area (Å²) in [5, 5.41) is 7.24. The van der Waals surface area contributed by atoms with E-state index in [4.69, 9.17) is 5.73 Å². The predicted octanol–water partition coefficient (Wildman–Crippen LogP) is 3.34. The molecule has 3 N–H and O–H groups in total. The summed E-state index contributed by atoms with van der Waals surface area (Å²) in [5.41, 5.74) is 12.4. The Bertz CT molecular complexity index is 724. The van der Waals surface area contributed by atoms with Gasteiger partial charge in [0.15, 0.2) is 5.82 Å². The molecule has 0 bridgehead atoms. The third kappa shape index (κ3) is 1.95. The molecule has 3 aromatic rings. The molecule has 100 valence electrons. The molecule has 0 aliphatic heterocycles. The Balaban J connectivity index is 2.27. The molecule has 2 heterocycles. The van der Waals surface area contributed by atoms with Crippen LogP contribution in [0.5, 0.6) is 0 Å². The van der Waals surface area contributed by atoms with E-state index in [1.807, 2.05) is 12.1 Å². The van der Waals surface area contributed by atoms with Gasteiger partial charge in [0.25, 0.3) is 0 Å². The lowest BCUT2D eigenvalue weighted by Crippen LogP contribution is -1.92. The van der Waals surface area contributed by atoms with Crippen molar-refractivity contribution in [1.29, 1.82) is 0 Å². The lowest BCUT2D eigenvalue weighted by Gasteiger charge is -2.10. The van der Waals surface area contributed by atoms with Gasteiger partial charge in [-0.3, -0.25) is 10.1 Å². The molecule has 0 aliphatic rings. The first-order chi connectivity index (χ1) is 9.68. The molecule has 0 unspecified atom stereocenters. The Morgan fingerprint density at radius 1 is 1.00 bits per heavy atom. The highest BCUT2D eigenvalue weighted by molar-refractivity contribution is 5.89. The maximum Gasteiger partial charge on any atom is 0.153 e. The first-order valence-electron chi connectivity index (χ1n) is 6.49. The fourth-order valence-electron chi connectivity index (χ4n) is 2.55. The summed E-state index contributed by atoms with van der Waals surface area (Å²) in [4.78, 5) is 4.16. The molecular weight excluding hydrogens is 248 g/mol. The number of rotatable bonds is 2. The number of hydrogen-bond donors (Lipinski definition) is 2. The van der Waals surface area contributed by atoms with Crippen molar-refractivity contribution in [3.8, 4) is 22.4 Å². The minimum absolute atomic E-state index is 0.496. The van der Waals surface area contributed by atoms with E-state index < -0.39 is 0 Å². The van der Waals surface area contributed by atoms with E-state index in [2.05, 4.69) is 47.2 Å². The van der Waals surface area contributed by atoms with E-state index >= 15 is 0 Å². The van der Waals surface area contributed by atoms with Gasteiger partial charge >= 0.3 is 0 Å². The summed E-state index contributed by atoms with van der Waals surface area (Å²) < 4.78 is 0. The van der Waals surface area contributed by atoms with Crippen LogP contribution in [0, 0.1) is 13.8 Å². The minimum atomic E-state index is 0.496. The molecule has 1 aromatic carbocycles. The average Bonchev–Trinajstić information content (AvgIpc) is 2.81. The largest absolute Gasteiger partial charge is 0.382 e. The fourth-order valence-corrected chi connectivity index (χ4v) is 2.55. The second-order valence-electron chi connectivity index (χ2n) is 4.87. The predicted molar refractivity (Wildman–Crippen MR) is 81.1 cm³/mol. The van der Waals surface area contributed by atoms with Gasteiger partial charge in [-0.15, -0.1) is 0 Å². The van der Waals surface area contributed by atoms with E-state index in [1.54, 1.807) is 12.4 Å². The number of aryl methyl sites for hydroxylation is 2. The van der Waals surface area contributed by atoms with Gasteiger partial charge in [-0.05, 0) is 31.0 Å². The van der Waals surface area contributed by atoms with Crippen molar-refractivity contribution in [1.82, 2.24) is 15.2 Å². The number of hydrogen-bond acceptors (Lipinski definition) is 3. The van der Waals surface area contributed by atoms with Gasteiger partial charge in [-0.25, -0.2) is 0 Å². The van der Waals surface area contributed by atoms with Gasteiger partial charge in [0.2, 0.25) is 0 Å². The molecule has 3 rings (SSSR count). The Hall–Kier alpha value is -2.62. The molecule has 20 heavy (non-hydrogen) atoms. The van der Waals surface area contributed by atoms with Crippen LogP contribution >= 0.6 is 0 Å². The molecular formula is C16H16N4. The number of anilines is 1. The number of pyridine rings is 1. The Kier molecular flexibility index (Phi) is 2.99. The molecule has 0 amide bonds. The lowest BCUT2D eigenvalue weighted by molar-refractivity contribution is 1.10. The van der Waals surface area contributed by atoms with Crippen molar-refractivity contribution < 1.29 is 0 Å². The Labute approximate surface area is 117 Å². The van der Waals surface area contributed by atoms with Crippen molar-refractivity contribution in [3.63, 3.8) is 0 Å². The molecule has 0 aliphatic carbocycles. The minimum Gasteiger partial charge on any atom is -0.382 e.